The smallest absolute Gasteiger partial charge is 0.0809 e. The van der Waals surface area contributed by atoms with E-state index in [0.29, 0.717) is 6.04 Å². The van der Waals surface area contributed by atoms with Gasteiger partial charge in [-0.1, -0.05) is 45.4 Å². The van der Waals surface area contributed by atoms with E-state index in [1.54, 1.807) is 0 Å². The fraction of sp³-hybridized carbons (Fsp3) is 0.0800. The zero-order valence-electron chi connectivity index (χ0n) is 16.7. The number of hydrogen-bond acceptors (Lipinski definition) is 2. The summed E-state index contributed by atoms with van der Waals surface area (Å²) in [5.41, 5.74) is 6.64. The van der Waals surface area contributed by atoms with Crippen LogP contribution in [0.4, 0.5) is 5.69 Å². The predicted octanol–water partition coefficient (Wildman–Crippen LogP) is 7.96. The van der Waals surface area contributed by atoms with Gasteiger partial charge in [-0.15, -0.1) is 35.2 Å². The normalized spacial score (nSPS) is 14.6. The summed E-state index contributed by atoms with van der Waals surface area (Å²) >= 11 is 2.72. The number of likely N-dealkylation sites (N-methyl/N-ethyl adjacent to an activating group) is 1. The van der Waals surface area contributed by atoms with Gasteiger partial charge in [0.2, 0.25) is 0 Å². The quantitative estimate of drug-likeness (QED) is 0.113. The summed E-state index contributed by atoms with van der Waals surface area (Å²) < 4.78 is 1.14. The standard InChI is InChI=1S/C16H11BrN.C9H7.2ClH.H2S.Zr/c1-18-15-5-3-2-4-13(15)14-9-10-8-11(17)6-7-12(10)16(14)18;1-2-5-9-7-3-6-8(9)4-1;;;;/h2-4,6-9,16H,1H3;1-7H;2*1H;1H2;/q2*-1;;;;+2/p-3. The van der Waals surface area contributed by atoms with Crippen molar-refractivity contribution >= 4 is 74.6 Å². The number of para-hydroxylation sites is 1. The first-order valence-electron chi connectivity index (χ1n) is 9.45. The Labute approximate surface area is 217 Å². The van der Waals surface area contributed by atoms with Gasteiger partial charge in [-0.2, -0.15) is 41.8 Å². The molecule has 0 amide bonds. The van der Waals surface area contributed by atoms with Crippen LogP contribution in [0.5, 0.6) is 0 Å². The Bertz CT molecular complexity index is 1180. The molecule has 0 N–H and O–H groups in total. The summed E-state index contributed by atoms with van der Waals surface area (Å²) in [4.78, 5) is 2.32. The van der Waals surface area contributed by atoms with Crippen LogP contribution in [0.3, 0.4) is 0 Å². The number of anilines is 1. The van der Waals surface area contributed by atoms with Gasteiger partial charge in [-0.25, -0.2) is 0 Å². The maximum atomic E-state index is 4.93. The fourth-order valence-electron chi connectivity index (χ4n) is 4.13. The average molecular weight is 608 g/mol. The van der Waals surface area contributed by atoms with E-state index in [1.165, 1.54) is 38.7 Å². The second kappa shape index (κ2) is 11.3. The van der Waals surface area contributed by atoms with Crippen molar-refractivity contribution in [3.63, 3.8) is 0 Å². The van der Waals surface area contributed by atoms with Crippen LogP contribution in [0.2, 0.25) is 0 Å². The van der Waals surface area contributed by atoms with Crippen molar-refractivity contribution < 1.29 is 20.8 Å². The number of fused-ring (bicyclic) bond motifs is 6. The molecule has 0 spiro atoms. The van der Waals surface area contributed by atoms with Gasteiger partial charge >= 0.3 is 37.9 Å². The van der Waals surface area contributed by atoms with Gasteiger partial charge < -0.3 is 18.4 Å². The maximum Gasteiger partial charge on any atom is -0.0809 e. The van der Waals surface area contributed by atoms with Gasteiger partial charge in [0.15, 0.2) is 0 Å². The zero-order valence-corrected chi connectivity index (χ0v) is 23.1. The van der Waals surface area contributed by atoms with Gasteiger partial charge in [0.25, 0.3) is 0 Å². The van der Waals surface area contributed by atoms with Crippen molar-refractivity contribution in [1.82, 2.24) is 0 Å². The first kappa shape index (κ1) is 24.7. The largest absolute Gasteiger partial charge is 0.813 e. The minimum atomic E-state index is -0.826. The van der Waals surface area contributed by atoms with Crippen molar-refractivity contribution in [3.05, 3.63) is 106 Å². The van der Waals surface area contributed by atoms with E-state index in [4.69, 9.17) is 17.0 Å². The molecule has 1 unspecified atom stereocenters. The molecule has 158 valence electrons. The Balaban J connectivity index is 0.000000177. The van der Waals surface area contributed by atoms with Crippen molar-refractivity contribution in [2.24, 2.45) is 0 Å². The first-order valence-corrected chi connectivity index (χ1v) is 16.6. The Hall–Kier alpha value is -0.897. The third-order valence-electron chi connectivity index (χ3n) is 5.38. The molecule has 1 atom stereocenters. The number of nitrogens with zero attached hydrogens (tertiary/aromatic N) is 1. The molecule has 1 heterocycles. The Morgan fingerprint density at radius 1 is 1.06 bits per heavy atom. The van der Waals surface area contributed by atoms with E-state index >= 15 is 0 Å². The van der Waals surface area contributed by atoms with Crippen LogP contribution in [0.15, 0.2) is 83.3 Å². The fourth-order valence-corrected chi connectivity index (χ4v) is 4.51. The SMILES string of the molecule is CN1c2[c-]cccc2C2=Cc3cc(Br)ccc3C21.[Cl][Zr][Cl].[SH-].c1ccc2[cH-]ccc2c1. The Morgan fingerprint density at radius 2 is 1.84 bits per heavy atom. The summed E-state index contributed by atoms with van der Waals surface area (Å²) in [5, 5.41) is 2.66. The van der Waals surface area contributed by atoms with Crippen molar-refractivity contribution in [1.29, 1.82) is 0 Å². The van der Waals surface area contributed by atoms with Gasteiger partial charge in [-0.3, -0.25) is 0 Å². The first-order chi connectivity index (χ1) is 14.6. The third-order valence-corrected chi connectivity index (χ3v) is 5.88. The summed E-state index contributed by atoms with van der Waals surface area (Å²) in [6, 6.07) is 31.2. The van der Waals surface area contributed by atoms with Crippen molar-refractivity contribution in [3.8, 4) is 0 Å². The molecular formula is C25H19BrCl2NSZr-3. The molecule has 1 aliphatic carbocycles. The van der Waals surface area contributed by atoms with Crippen LogP contribution in [0.25, 0.3) is 22.4 Å². The monoisotopic (exact) mass is 604 g/mol. The van der Waals surface area contributed by atoms with Crippen LogP contribution in [-0.4, -0.2) is 7.05 Å². The molecule has 0 saturated carbocycles. The van der Waals surface area contributed by atoms with E-state index < -0.39 is 20.8 Å². The molecule has 4 aromatic carbocycles. The molecular weight excluding hydrogens is 588 g/mol. The Kier molecular flexibility index (Phi) is 9.02. The van der Waals surface area contributed by atoms with E-state index in [2.05, 4.69) is 113 Å². The minimum absolute atomic E-state index is 0. The van der Waals surface area contributed by atoms with Crippen molar-refractivity contribution in [2.75, 3.05) is 11.9 Å². The number of thiol groups is 1. The summed E-state index contributed by atoms with van der Waals surface area (Å²) in [5.74, 6) is 0. The van der Waals surface area contributed by atoms with E-state index in [-0.39, 0.29) is 13.5 Å². The minimum Gasteiger partial charge on any atom is -0.813 e. The molecule has 0 fully saturated rings. The molecule has 0 aromatic heterocycles. The molecule has 1 nitrogen and oxygen atoms in total. The predicted molar refractivity (Wildman–Crippen MR) is 138 cm³/mol. The van der Waals surface area contributed by atoms with Crippen LogP contribution in [-0.2, 0) is 34.3 Å². The molecule has 1 aliphatic heterocycles. The second-order valence-corrected chi connectivity index (χ2v) is 11.7. The Morgan fingerprint density at radius 3 is 2.61 bits per heavy atom. The van der Waals surface area contributed by atoms with E-state index in [1.807, 2.05) is 6.07 Å². The summed E-state index contributed by atoms with van der Waals surface area (Å²) in [6.07, 6.45) is 2.31. The summed E-state index contributed by atoms with van der Waals surface area (Å²) in [6.45, 7) is 0. The van der Waals surface area contributed by atoms with Crippen LogP contribution in [0.1, 0.15) is 22.7 Å². The third kappa shape index (κ3) is 5.20. The van der Waals surface area contributed by atoms with Gasteiger partial charge in [-0.05, 0) is 23.3 Å². The molecule has 31 heavy (non-hydrogen) atoms. The molecule has 0 saturated heterocycles. The number of halogens is 3. The van der Waals surface area contributed by atoms with Crippen LogP contribution >= 0.6 is 33.0 Å². The number of hydrogen-bond donors (Lipinski definition) is 0. The van der Waals surface area contributed by atoms with E-state index in [9.17, 15) is 0 Å². The van der Waals surface area contributed by atoms with E-state index in [0.717, 1.165) is 4.47 Å². The van der Waals surface area contributed by atoms with Crippen LogP contribution in [0, 0.1) is 6.07 Å². The molecule has 6 rings (SSSR count). The van der Waals surface area contributed by atoms with Gasteiger partial charge in [0, 0.05) is 11.5 Å². The molecule has 2 aliphatic rings. The zero-order chi connectivity index (χ0) is 21.1. The van der Waals surface area contributed by atoms with Gasteiger partial charge in [0.1, 0.15) is 0 Å². The molecule has 4 aromatic rings. The van der Waals surface area contributed by atoms with Gasteiger partial charge in [0.05, 0.1) is 6.04 Å². The average Bonchev–Trinajstić information content (AvgIpc) is 3.44. The maximum absolute atomic E-state index is 4.93. The second-order valence-electron chi connectivity index (χ2n) is 7.04. The number of benzene rings is 3. The van der Waals surface area contributed by atoms with Crippen LogP contribution < -0.4 is 4.90 Å². The number of rotatable bonds is 0. The molecule has 0 bridgehead atoms. The topological polar surface area (TPSA) is 3.24 Å². The summed E-state index contributed by atoms with van der Waals surface area (Å²) in [7, 11) is 12.0. The molecule has 6 heteroatoms. The molecule has 0 radical (unpaired) electrons. The van der Waals surface area contributed by atoms with Crippen molar-refractivity contribution in [2.45, 2.75) is 6.04 Å².